The minimum Gasteiger partial charge on any atom is -0.481 e. The van der Waals surface area contributed by atoms with E-state index in [1.54, 1.807) is 4.90 Å². The molecule has 1 aromatic carbocycles. The quantitative estimate of drug-likeness (QED) is 0.897. The van der Waals surface area contributed by atoms with Gasteiger partial charge in [0, 0.05) is 19.5 Å². The summed E-state index contributed by atoms with van der Waals surface area (Å²) in [6.07, 6.45) is 0.915. The van der Waals surface area contributed by atoms with Crippen LogP contribution in [0.15, 0.2) is 24.3 Å². The maximum Gasteiger partial charge on any atom is 0.308 e. The van der Waals surface area contributed by atoms with E-state index in [1.807, 2.05) is 0 Å². The van der Waals surface area contributed by atoms with E-state index in [1.165, 1.54) is 11.1 Å². The SMILES string of the molecule is CC(C)c1ccc(CCN2CC(C(=O)O)CC2=O)cc1. The molecule has 2 rings (SSSR count). The third-order valence-electron chi connectivity index (χ3n) is 3.88. The standard InChI is InChI=1S/C16H21NO3/c1-11(2)13-5-3-12(4-6-13)7-8-17-10-14(16(19)20)9-15(17)18/h3-6,11,14H,7-10H2,1-2H3,(H,19,20). The Hall–Kier alpha value is -1.84. The molecule has 1 aromatic rings. The maximum atomic E-state index is 11.7. The molecule has 1 unspecified atom stereocenters. The van der Waals surface area contributed by atoms with Crippen LogP contribution in [0.4, 0.5) is 0 Å². The number of hydrogen-bond donors (Lipinski definition) is 1. The lowest BCUT2D eigenvalue weighted by atomic mass is 10.0. The molecule has 1 aliphatic rings. The highest BCUT2D eigenvalue weighted by Gasteiger charge is 2.33. The smallest absolute Gasteiger partial charge is 0.308 e. The molecule has 108 valence electrons. The van der Waals surface area contributed by atoms with Crippen LogP contribution in [0.25, 0.3) is 0 Å². The summed E-state index contributed by atoms with van der Waals surface area (Å²) in [5.74, 6) is -0.940. The fraction of sp³-hybridized carbons (Fsp3) is 0.500. The molecule has 1 atom stereocenters. The van der Waals surface area contributed by atoms with Crippen LogP contribution in [0.1, 0.15) is 37.3 Å². The molecule has 4 heteroatoms. The van der Waals surface area contributed by atoms with Gasteiger partial charge in [-0.3, -0.25) is 9.59 Å². The Balaban J connectivity index is 1.89. The summed E-state index contributed by atoms with van der Waals surface area (Å²) in [6.45, 7) is 5.26. The number of aliphatic carboxylic acids is 1. The fourth-order valence-electron chi connectivity index (χ4n) is 2.49. The van der Waals surface area contributed by atoms with E-state index in [2.05, 4.69) is 38.1 Å². The van der Waals surface area contributed by atoms with Gasteiger partial charge in [-0.25, -0.2) is 0 Å². The van der Waals surface area contributed by atoms with Gasteiger partial charge in [0.05, 0.1) is 5.92 Å². The summed E-state index contributed by atoms with van der Waals surface area (Å²) < 4.78 is 0. The third-order valence-corrected chi connectivity index (χ3v) is 3.88. The van der Waals surface area contributed by atoms with Crippen LogP contribution in [-0.4, -0.2) is 35.0 Å². The Morgan fingerprint density at radius 1 is 1.35 bits per heavy atom. The zero-order chi connectivity index (χ0) is 14.7. The van der Waals surface area contributed by atoms with E-state index >= 15 is 0 Å². The second kappa shape index (κ2) is 6.07. The van der Waals surface area contributed by atoms with E-state index in [0.717, 1.165) is 6.42 Å². The largest absolute Gasteiger partial charge is 0.481 e. The minimum absolute atomic E-state index is 0.0452. The van der Waals surface area contributed by atoms with Crippen molar-refractivity contribution in [1.82, 2.24) is 4.90 Å². The van der Waals surface area contributed by atoms with Crippen molar-refractivity contribution in [2.75, 3.05) is 13.1 Å². The van der Waals surface area contributed by atoms with Gasteiger partial charge in [0.25, 0.3) is 0 Å². The predicted molar refractivity (Wildman–Crippen MR) is 76.6 cm³/mol. The highest BCUT2D eigenvalue weighted by molar-refractivity contribution is 5.86. The first-order valence-corrected chi connectivity index (χ1v) is 7.06. The monoisotopic (exact) mass is 275 g/mol. The number of benzene rings is 1. The van der Waals surface area contributed by atoms with Gasteiger partial charge < -0.3 is 10.0 Å². The Bertz CT molecular complexity index is 493. The number of amides is 1. The summed E-state index contributed by atoms with van der Waals surface area (Å²) in [4.78, 5) is 24.3. The summed E-state index contributed by atoms with van der Waals surface area (Å²) in [5, 5.41) is 8.94. The molecule has 1 N–H and O–H groups in total. The minimum atomic E-state index is -0.873. The fourth-order valence-corrected chi connectivity index (χ4v) is 2.49. The lowest BCUT2D eigenvalue weighted by Gasteiger charge is -2.16. The molecule has 1 heterocycles. The van der Waals surface area contributed by atoms with Gasteiger partial charge in [0.2, 0.25) is 5.91 Å². The number of carbonyl (C=O) groups excluding carboxylic acids is 1. The zero-order valence-electron chi connectivity index (χ0n) is 12.0. The molecule has 0 bridgehead atoms. The maximum absolute atomic E-state index is 11.7. The second-order valence-electron chi connectivity index (χ2n) is 5.73. The van der Waals surface area contributed by atoms with E-state index in [0.29, 0.717) is 19.0 Å². The molecule has 0 spiro atoms. The number of rotatable bonds is 5. The van der Waals surface area contributed by atoms with Crippen LogP contribution >= 0.6 is 0 Å². The molecule has 0 aromatic heterocycles. The zero-order valence-corrected chi connectivity index (χ0v) is 12.0. The van der Waals surface area contributed by atoms with Crippen molar-refractivity contribution in [2.24, 2.45) is 5.92 Å². The molecular weight excluding hydrogens is 254 g/mol. The Morgan fingerprint density at radius 2 is 2.00 bits per heavy atom. The molecule has 0 aliphatic carbocycles. The summed E-state index contributed by atoms with van der Waals surface area (Å²) in [6, 6.07) is 8.41. The van der Waals surface area contributed by atoms with E-state index in [4.69, 9.17) is 5.11 Å². The highest BCUT2D eigenvalue weighted by Crippen LogP contribution is 2.19. The lowest BCUT2D eigenvalue weighted by Crippen LogP contribution is -2.28. The van der Waals surface area contributed by atoms with Gasteiger partial charge in [0.15, 0.2) is 0 Å². The Kier molecular flexibility index (Phi) is 4.42. The molecule has 0 radical (unpaired) electrons. The van der Waals surface area contributed by atoms with Crippen molar-refractivity contribution in [2.45, 2.75) is 32.6 Å². The number of carboxylic acid groups (broad SMARTS) is 1. The van der Waals surface area contributed by atoms with Crippen molar-refractivity contribution >= 4 is 11.9 Å². The first-order chi connectivity index (χ1) is 9.47. The van der Waals surface area contributed by atoms with Crippen LogP contribution in [0.3, 0.4) is 0 Å². The molecule has 1 saturated heterocycles. The average Bonchev–Trinajstić information content (AvgIpc) is 2.78. The van der Waals surface area contributed by atoms with Crippen LogP contribution < -0.4 is 0 Å². The molecule has 0 saturated carbocycles. The van der Waals surface area contributed by atoms with Crippen molar-refractivity contribution in [1.29, 1.82) is 0 Å². The Labute approximate surface area is 119 Å². The van der Waals surface area contributed by atoms with Crippen molar-refractivity contribution in [3.05, 3.63) is 35.4 Å². The number of carboxylic acids is 1. The van der Waals surface area contributed by atoms with Gasteiger partial charge >= 0.3 is 5.97 Å². The molecule has 20 heavy (non-hydrogen) atoms. The average molecular weight is 275 g/mol. The summed E-state index contributed by atoms with van der Waals surface area (Å²) in [7, 11) is 0. The normalized spacial score (nSPS) is 18.9. The van der Waals surface area contributed by atoms with E-state index in [-0.39, 0.29) is 12.3 Å². The van der Waals surface area contributed by atoms with Gasteiger partial charge in [0.1, 0.15) is 0 Å². The topological polar surface area (TPSA) is 57.6 Å². The molecule has 4 nitrogen and oxygen atoms in total. The van der Waals surface area contributed by atoms with Gasteiger partial charge in [-0.1, -0.05) is 38.1 Å². The van der Waals surface area contributed by atoms with Crippen LogP contribution in [0.5, 0.6) is 0 Å². The predicted octanol–water partition coefficient (Wildman–Crippen LogP) is 2.29. The first-order valence-electron chi connectivity index (χ1n) is 7.06. The van der Waals surface area contributed by atoms with E-state index < -0.39 is 11.9 Å². The van der Waals surface area contributed by atoms with Crippen LogP contribution in [-0.2, 0) is 16.0 Å². The third kappa shape index (κ3) is 3.38. The number of nitrogens with zero attached hydrogens (tertiary/aromatic N) is 1. The van der Waals surface area contributed by atoms with Gasteiger partial charge in [-0.15, -0.1) is 0 Å². The van der Waals surface area contributed by atoms with Crippen molar-refractivity contribution in [3.63, 3.8) is 0 Å². The molecule has 1 aliphatic heterocycles. The lowest BCUT2D eigenvalue weighted by molar-refractivity contribution is -0.141. The van der Waals surface area contributed by atoms with Crippen LogP contribution in [0.2, 0.25) is 0 Å². The number of likely N-dealkylation sites (tertiary alicyclic amines) is 1. The van der Waals surface area contributed by atoms with E-state index in [9.17, 15) is 9.59 Å². The summed E-state index contributed by atoms with van der Waals surface area (Å²) >= 11 is 0. The molecule has 1 amide bonds. The Morgan fingerprint density at radius 3 is 2.50 bits per heavy atom. The number of hydrogen-bond acceptors (Lipinski definition) is 2. The van der Waals surface area contributed by atoms with Crippen molar-refractivity contribution in [3.8, 4) is 0 Å². The second-order valence-corrected chi connectivity index (χ2v) is 5.73. The van der Waals surface area contributed by atoms with Crippen molar-refractivity contribution < 1.29 is 14.7 Å². The van der Waals surface area contributed by atoms with Crippen LogP contribution in [0, 0.1) is 5.92 Å². The highest BCUT2D eigenvalue weighted by atomic mass is 16.4. The molecular formula is C16H21NO3. The van der Waals surface area contributed by atoms with Gasteiger partial charge in [-0.05, 0) is 23.5 Å². The number of carbonyl (C=O) groups is 2. The first kappa shape index (κ1) is 14.6. The molecule has 1 fully saturated rings. The van der Waals surface area contributed by atoms with Gasteiger partial charge in [-0.2, -0.15) is 0 Å². The summed E-state index contributed by atoms with van der Waals surface area (Å²) in [5.41, 5.74) is 2.48.